The number of nitrogens with zero attached hydrogens (tertiary/aromatic N) is 2. The van der Waals surface area contributed by atoms with Gasteiger partial charge < -0.3 is 4.74 Å². The van der Waals surface area contributed by atoms with E-state index in [0.29, 0.717) is 12.0 Å². The van der Waals surface area contributed by atoms with Crippen molar-refractivity contribution in [2.45, 2.75) is 72.9 Å². The van der Waals surface area contributed by atoms with Crippen LogP contribution in [-0.2, 0) is 25.8 Å². The summed E-state index contributed by atoms with van der Waals surface area (Å²) in [6, 6.07) is 18.2. The minimum Gasteiger partial charge on any atom is -0.496 e. The summed E-state index contributed by atoms with van der Waals surface area (Å²) in [5, 5.41) is 0. The van der Waals surface area contributed by atoms with Gasteiger partial charge >= 0.3 is 0 Å². The monoisotopic (exact) mass is 456 g/mol. The number of fused-ring (bicyclic) bond motifs is 1. The number of rotatable bonds is 8. The highest BCUT2D eigenvalue weighted by Crippen LogP contribution is 2.38. The van der Waals surface area contributed by atoms with Gasteiger partial charge in [0.15, 0.2) is 0 Å². The zero-order valence-corrected chi connectivity index (χ0v) is 21.8. The summed E-state index contributed by atoms with van der Waals surface area (Å²) in [4.78, 5) is 7.80. The second-order valence-electron chi connectivity index (χ2n) is 10.00. The van der Waals surface area contributed by atoms with Crippen LogP contribution in [0.4, 0.5) is 0 Å². The van der Waals surface area contributed by atoms with E-state index < -0.39 is 0 Å². The maximum Gasteiger partial charge on any atom is 0.127 e. The predicted octanol–water partition coefficient (Wildman–Crippen LogP) is 7.34. The SMILES string of the molecule is CCc1cccc(CC)c1-c1cc(OC)c(CN2CCc3ccccc3C2CC(C)C)c(C)n1. The van der Waals surface area contributed by atoms with Crippen molar-refractivity contribution in [3.05, 3.63) is 82.0 Å². The molecule has 3 nitrogen and oxygen atoms in total. The highest BCUT2D eigenvalue weighted by Gasteiger charge is 2.29. The van der Waals surface area contributed by atoms with E-state index in [9.17, 15) is 0 Å². The first kappa shape index (κ1) is 24.5. The van der Waals surface area contributed by atoms with Crippen LogP contribution >= 0.6 is 0 Å². The van der Waals surface area contributed by atoms with E-state index in [1.165, 1.54) is 33.4 Å². The number of ether oxygens (including phenoxy) is 1. The van der Waals surface area contributed by atoms with Gasteiger partial charge in [0, 0.05) is 42.0 Å². The quantitative estimate of drug-likeness (QED) is 0.355. The lowest BCUT2D eigenvalue weighted by Gasteiger charge is -2.39. The molecule has 0 saturated heterocycles. The molecule has 3 aromatic rings. The summed E-state index contributed by atoms with van der Waals surface area (Å²) < 4.78 is 6.00. The second-order valence-corrected chi connectivity index (χ2v) is 10.00. The summed E-state index contributed by atoms with van der Waals surface area (Å²) in [6.07, 6.45) is 4.26. The van der Waals surface area contributed by atoms with Crippen molar-refractivity contribution >= 4 is 0 Å². The zero-order chi connectivity index (χ0) is 24.2. The van der Waals surface area contributed by atoms with Crippen LogP contribution in [0, 0.1) is 12.8 Å². The van der Waals surface area contributed by atoms with Crippen LogP contribution in [-0.4, -0.2) is 23.5 Å². The van der Waals surface area contributed by atoms with Gasteiger partial charge in [-0.3, -0.25) is 9.88 Å². The molecule has 180 valence electrons. The Hall–Kier alpha value is -2.65. The minimum atomic E-state index is 0.432. The van der Waals surface area contributed by atoms with E-state index >= 15 is 0 Å². The standard InChI is InChI=1S/C31H40N2O/c1-7-23-13-11-14-24(8-2)31(23)28-19-30(34-6)27(22(5)32-28)20-33-17-16-25-12-9-10-15-26(25)29(33)18-21(3)4/h9-15,19,21,29H,7-8,16-18,20H2,1-6H3. The topological polar surface area (TPSA) is 25.4 Å². The molecule has 0 saturated carbocycles. The molecule has 1 atom stereocenters. The average molecular weight is 457 g/mol. The maximum atomic E-state index is 6.00. The maximum absolute atomic E-state index is 6.00. The van der Waals surface area contributed by atoms with Crippen molar-refractivity contribution in [1.29, 1.82) is 0 Å². The highest BCUT2D eigenvalue weighted by atomic mass is 16.5. The lowest BCUT2D eigenvalue weighted by Crippen LogP contribution is -2.36. The Morgan fingerprint density at radius 3 is 2.38 bits per heavy atom. The first-order chi connectivity index (χ1) is 16.5. The van der Waals surface area contributed by atoms with Gasteiger partial charge in [-0.1, -0.05) is 70.2 Å². The van der Waals surface area contributed by atoms with E-state index in [0.717, 1.165) is 55.9 Å². The third kappa shape index (κ3) is 4.90. The van der Waals surface area contributed by atoms with E-state index in [2.05, 4.69) is 88.0 Å². The molecule has 0 spiro atoms. The number of hydrogen-bond acceptors (Lipinski definition) is 3. The lowest BCUT2D eigenvalue weighted by molar-refractivity contribution is 0.152. The fourth-order valence-corrected chi connectivity index (χ4v) is 5.56. The van der Waals surface area contributed by atoms with Gasteiger partial charge in [-0.25, -0.2) is 0 Å². The highest BCUT2D eigenvalue weighted by molar-refractivity contribution is 5.70. The van der Waals surface area contributed by atoms with Crippen LogP contribution in [0.15, 0.2) is 48.5 Å². The Balaban J connectivity index is 1.73. The van der Waals surface area contributed by atoms with Gasteiger partial charge in [0.25, 0.3) is 0 Å². The molecule has 2 heterocycles. The molecule has 0 N–H and O–H groups in total. The molecule has 0 amide bonds. The van der Waals surface area contributed by atoms with Crippen LogP contribution in [0.25, 0.3) is 11.3 Å². The van der Waals surface area contributed by atoms with Crippen LogP contribution in [0.1, 0.15) is 73.7 Å². The molecule has 0 bridgehead atoms. The normalized spacial score (nSPS) is 16.0. The van der Waals surface area contributed by atoms with Crippen molar-refractivity contribution < 1.29 is 4.74 Å². The number of benzene rings is 2. The van der Waals surface area contributed by atoms with Gasteiger partial charge in [0.2, 0.25) is 0 Å². The van der Waals surface area contributed by atoms with Gasteiger partial charge in [0.1, 0.15) is 5.75 Å². The molecule has 2 aromatic carbocycles. The molecule has 1 aliphatic heterocycles. The van der Waals surface area contributed by atoms with Crippen molar-refractivity contribution in [3.8, 4) is 17.0 Å². The largest absolute Gasteiger partial charge is 0.496 e. The lowest BCUT2D eigenvalue weighted by atomic mass is 9.87. The Morgan fingerprint density at radius 2 is 1.74 bits per heavy atom. The Morgan fingerprint density at radius 1 is 1.03 bits per heavy atom. The van der Waals surface area contributed by atoms with Gasteiger partial charge in [-0.2, -0.15) is 0 Å². The van der Waals surface area contributed by atoms with E-state index in [1.54, 1.807) is 7.11 Å². The summed E-state index contributed by atoms with van der Waals surface area (Å²) in [5.41, 5.74) is 10.3. The summed E-state index contributed by atoms with van der Waals surface area (Å²) in [5.74, 6) is 1.60. The van der Waals surface area contributed by atoms with Crippen LogP contribution < -0.4 is 4.74 Å². The van der Waals surface area contributed by atoms with E-state index in [-0.39, 0.29) is 0 Å². The molecule has 1 unspecified atom stereocenters. The van der Waals surface area contributed by atoms with Gasteiger partial charge in [-0.05, 0) is 60.8 Å². The van der Waals surface area contributed by atoms with Crippen molar-refractivity contribution in [2.75, 3.05) is 13.7 Å². The molecule has 1 aromatic heterocycles. The number of methoxy groups -OCH3 is 1. The molecule has 0 aliphatic carbocycles. The summed E-state index contributed by atoms with van der Waals surface area (Å²) in [7, 11) is 1.80. The molecule has 0 radical (unpaired) electrons. The smallest absolute Gasteiger partial charge is 0.127 e. The molecular weight excluding hydrogens is 416 g/mol. The van der Waals surface area contributed by atoms with E-state index in [4.69, 9.17) is 9.72 Å². The van der Waals surface area contributed by atoms with Crippen molar-refractivity contribution in [2.24, 2.45) is 5.92 Å². The first-order valence-corrected chi connectivity index (χ1v) is 12.9. The molecule has 34 heavy (non-hydrogen) atoms. The Labute approximate surface area is 206 Å². The zero-order valence-electron chi connectivity index (χ0n) is 21.8. The molecule has 3 heteroatoms. The van der Waals surface area contributed by atoms with Crippen LogP contribution in [0.3, 0.4) is 0 Å². The fraction of sp³-hybridized carbons (Fsp3) is 0.452. The number of hydrogen-bond donors (Lipinski definition) is 0. The van der Waals surface area contributed by atoms with Gasteiger partial charge in [0.05, 0.1) is 12.8 Å². The number of pyridine rings is 1. The molecular formula is C31H40N2O. The fourth-order valence-electron chi connectivity index (χ4n) is 5.56. The second kappa shape index (κ2) is 10.7. The molecule has 1 aliphatic rings. The number of aryl methyl sites for hydroxylation is 3. The van der Waals surface area contributed by atoms with Gasteiger partial charge in [-0.15, -0.1) is 0 Å². The molecule has 0 fully saturated rings. The van der Waals surface area contributed by atoms with Crippen LogP contribution in [0.5, 0.6) is 5.75 Å². The minimum absolute atomic E-state index is 0.432. The summed E-state index contributed by atoms with van der Waals surface area (Å²) >= 11 is 0. The third-order valence-corrected chi connectivity index (χ3v) is 7.34. The van der Waals surface area contributed by atoms with Crippen molar-refractivity contribution in [3.63, 3.8) is 0 Å². The Bertz CT molecular complexity index is 1110. The summed E-state index contributed by atoms with van der Waals surface area (Å²) in [6.45, 7) is 13.2. The molecule has 4 rings (SSSR count). The number of aromatic nitrogens is 1. The van der Waals surface area contributed by atoms with Crippen molar-refractivity contribution in [1.82, 2.24) is 9.88 Å². The predicted molar refractivity (Wildman–Crippen MR) is 142 cm³/mol. The Kier molecular flexibility index (Phi) is 7.73. The average Bonchev–Trinajstić information content (AvgIpc) is 2.85. The van der Waals surface area contributed by atoms with E-state index in [1.807, 2.05) is 0 Å². The third-order valence-electron chi connectivity index (χ3n) is 7.34. The first-order valence-electron chi connectivity index (χ1n) is 12.9. The van der Waals surface area contributed by atoms with Crippen LogP contribution in [0.2, 0.25) is 0 Å².